The lowest BCUT2D eigenvalue weighted by atomic mass is 10.0. The molecule has 7 heteroatoms. The minimum atomic E-state index is 0.0260. The molecule has 164 valence electrons. The fourth-order valence-corrected chi connectivity index (χ4v) is 4.33. The van der Waals surface area contributed by atoms with Gasteiger partial charge in [-0.2, -0.15) is 0 Å². The summed E-state index contributed by atoms with van der Waals surface area (Å²) in [6, 6.07) is 13.3. The van der Waals surface area contributed by atoms with Gasteiger partial charge in [0.1, 0.15) is 0 Å². The van der Waals surface area contributed by atoms with Crippen LogP contribution in [0, 0.1) is 0 Å². The highest BCUT2D eigenvalue weighted by Gasteiger charge is 2.26. The van der Waals surface area contributed by atoms with Crippen molar-refractivity contribution >= 4 is 23.2 Å². The number of ether oxygens (including phenoxy) is 2. The third-order valence-corrected chi connectivity index (χ3v) is 5.96. The highest BCUT2D eigenvalue weighted by Crippen LogP contribution is 2.30. The lowest BCUT2D eigenvalue weighted by Gasteiger charge is -2.34. The first-order chi connectivity index (χ1) is 15.1. The molecule has 2 aliphatic rings. The zero-order valence-corrected chi connectivity index (χ0v) is 18.1. The van der Waals surface area contributed by atoms with E-state index in [1.165, 1.54) is 0 Å². The van der Waals surface area contributed by atoms with Crippen LogP contribution >= 0.6 is 0 Å². The van der Waals surface area contributed by atoms with Crippen LogP contribution in [0.5, 0.6) is 11.5 Å². The van der Waals surface area contributed by atoms with Crippen molar-refractivity contribution in [3.63, 3.8) is 0 Å². The lowest BCUT2D eigenvalue weighted by Crippen LogP contribution is -2.45. The van der Waals surface area contributed by atoms with E-state index in [1.807, 2.05) is 47.4 Å². The molecular weight excluding hydrogens is 394 g/mol. The first kappa shape index (κ1) is 21.0. The Hall–Kier alpha value is -3.22. The molecule has 0 aliphatic carbocycles. The predicted octanol–water partition coefficient (Wildman–Crippen LogP) is 3.55. The van der Waals surface area contributed by atoms with Crippen molar-refractivity contribution in [2.24, 2.45) is 0 Å². The molecule has 2 saturated heterocycles. The van der Waals surface area contributed by atoms with Gasteiger partial charge in [-0.05, 0) is 55.7 Å². The van der Waals surface area contributed by atoms with Crippen LogP contribution in [-0.2, 0) is 4.79 Å². The summed E-state index contributed by atoms with van der Waals surface area (Å²) in [6.45, 7) is 2.14. The summed E-state index contributed by atoms with van der Waals surface area (Å²) >= 11 is 0. The molecule has 0 aromatic heterocycles. The number of likely N-dealkylation sites (tertiary alicyclic amines) is 1. The maximum Gasteiger partial charge on any atom is 0.253 e. The van der Waals surface area contributed by atoms with Gasteiger partial charge < -0.3 is 24.6 Å². The largest absolute Gasteiger partial charge is 0.493 e. The third-order valence-electron chi connectivity index (χ3n) is 5.96. The third kappa shape index (κ3) is 4.60. The number of anilines is 2. The van der Waals surface area contributed by atoms with Crippen LogP contribution in [0.15, 0.2) is 42.5 Å². The standard InChI is InChI=1S/C24H29N3O4/c1-30-21-12-9-18(15-22(21)31-2)25-19-5-3-13-26(16-19)24(29)17-7-10-20(11-8-17)27-14-4-6-23(27)28/h7-12,15,19,25H,3-6,13-14,16H2,1-2H3. The van der Waals surface area contributed by atoms with Gasteiger partial charge in [0.15, 0.2) is 11.5 Å². The monoisotopic (exact) mass is 423 g/mol. The number of carbonyl (C=O) groups is 2. The minimum Gasteiger partial charge on any atom is -0.493 e. The van der Waals surface area contributed by atoms with Gasteiger partial charge in [0.25, 0.3) is 5.91 Å². The SMILES string of the molecule is COc1ccc(NC2CCCN(C(=O)c3ccc(N4CCCC4=O)cc3)C2)cc1OC. The number of rotatable bonds is 6. The fraction of sp³-hybridized carbons (Fsp3) is 0.417. The quantitative estimate of drug-likeness (QED) is 0.770. The summed E-state index contributed by atoms with van der Waals surface area (Å²) in [5.41, 5.74) is 2.46. The Balaban J connectivity index is 1.40. The van der Waals surface area contributed by atoms with E-state index in [9.17, 15) is 9.59 Å². The summed E-state index contributed by atoms with van der Waals surface area (Å²) in [7, 11) is 3.23. The highest BCUT2D eigenvalue weighted by atomic mass is 16.5. The molecule has 0 saturated carbocycles. The van der Waals surface area contributed by atoms with Crippen molar-refractivity contribution in [3.05, 3.63) is 48.0 Å². The molecule has 2 aromatic carbocycles. The van der Waals surface area contributed by atoms with Crippen LogP contribution in [0.1, 0.15) is 36.0 Å². The van der Waals surface area contributed by atoms with E-state index in [1.54, 1.807) is 19.1 Å². The molecule has 1 N–H and O–H groups in total. The van der Waals surface area contributed by atoms with E-state index in [4.69, 9.17) is 9.47 Å². The van der Waals surface area contributed by atoms with E-state index < -0.39 is 0 Å². The van der Waals surface area contributed by atoms with Crippen molar-refractivity contribution in [1.29, 1.82) is 0 Å². The Morgan fingerprint density at radius 2 is 1.77 bits per heavy atom. The Morgan fingerprint density at radius 3 is 2.45 bits per heavy atom. The highest BCUT2D eigenvalue weighted by molar-refractivity contribution is 5.97. The number of carbonyl (C=O) groups excluding carboxylic acids is 2. The molecule has 31 heavy (non-hydrogen) atoms. The van der Waals surface area contributed by atoms with Crippen LogP contribution in [0.2, 0.25) is 0 Å². The second-order valence-electron chi connectivity index (χ2n) is 8.00. The molecule has 7 nitrogen and oxygen atoms in total. The van der Waals surface area contributed by atoms with Gasteiger partial charge in [-0.15, -0.1) is 0 Å². The van der Waals surface area contributed by atoms with Crippen LogP contribution < -0.4 is 19.7 Å². The normalized spacial score (nSPS) is 18.8. The average Bonchev–Trinajstić information content (AvgIpc) is 3.24. The molecule has 2 heterocycles. The smallest absolute Gasteiger partial charge is 0.253 e. The van der Waals surface area contributed by atoms with Gasteiger partial charge >= 0.3 is 0 Å². The Bertz CT molecular complexity index is 944. The van der Waals surface area contributed by atoms with E-state index in [-0.39, 0.29) is 17.9 Å². The molecule has 0 bridgehead atoms. The average molecular weight is 424 g/mol. The number of hydrogen-bond acceptors (Lipinski definition) is 5. The molecule has 2 aliphatic heterocycles. The first-order valence-electron chi connectivity index (χ1n) is 10.8. The van der Waals surface area contributed by atoms with Crippen molar-refractivity contribution in [3.8, 4) is 11.5 Å². The first-order valence-corrected chi connectivity index (χ1v) is 10.8. The summed E-state index contributed by atoms with van der Waals surface area (Å²) in [4.78, 5) is 28.7. The van der Waals surface area contributed by atoms with E-state index in [0.717, 1.165) is 43.7 Å². The van der Waals surface area contributed by atoms with Crippen molar-refractivity contribution < 1.29 is 19.1 Å². The van der Waals surface area contributed by atoms with Gasteiger partial charge in [-0.25, -0.2) is 0 Å². The van der Waals surface area contributed by atoms with Crippen LogP contribution in [0.4, 0.5) is 11.4 Å². The number of piperidine rings is 1. The van der Waals surface area contributed by atoms with Gasteiger partial charge in [0.2, 0.25) is 5.91 Å². The molecule has 0 spiro atoms. The molecular formula is C24H29N3O4. The van der Waals surface area contributed by atoms with Crippen molar-refractivity contribution in [1.82, 2.24) is 4.90 Å². The van der Waals surface area contributed by atoms with Crippen molar-refractivity contribution in [2.45, 2.75) is 31.7 Å². The van der Waals surface area contributed by atoms with Crippen LogP contribution in [0.25, 0.3) is 0 Å². The minimum absolute atomic E-state index is 0.0260. The van der Waals surface area contributed by atoms with Crippen molar-refractivity contribution in [2.75, 3.05) is 44.1 Å². The molecule has 1 atom stereocenters. The Morgan fingerprint density at radius 1 is 1.00 bits per heavy atom. The molecule has 2 fully saturated rings. The van der Waals surface area contributed by atoms with Gasteiger partial charge in [0.05, 0.1) is 14.2 Å². The molecule has 1 unspecified atom stereocenters. The van der Waals surface area contributed by atoms with E-state index in [2.05, 4.69) is 5.32 Å². The topological polar surface area (TPSA) is 71.1 Å². The summed E-state index contributed by atoms with van der Waals surface area (Å²) in [5.74, 6) is 1.54. The summed E-state index contributed by atoms with van der Waals surface area (Å²) in [6.07, 6.45) is 3.43. The zero-order chi connectivity index (χ0) is 21.8. The zero-order valence-electron chi connectivity index (χ0n) is 18.1. The van der Waals surface area contributed by atoms with Crippen LogP contribution in [0.3, 0.4) is 0 Å². The number of nitrogens with one attached hydrogen (secondary N) is 1. The van der Waals surface area contributed by atoms with Crippen LogP contribution in [-0.4, -0.2) is 56.6 Å². The Kier molecular flexibility index (Phi) is 6.30. The second-order valence-corrected chi connectivity index (χ2v) is 8.00. The number of nitrogens with zero attached hydrogens (tertiary/aromatic N) is 2. The van der Waals surface area contributed by atoms with E-state index in [0.29, 0.717) is 30.0 Å². The molecule has 2 aromatic rings. The predicted molar refractivity (Wildman–Crippen MR) is 120 cm³/mol. The summed E-state index contributed by atoms with van der Waals surface area (Å²) < 4.78 is 10.7. The Labute approximate surface area is 182 Å². The molecule has 4 rings (SSSR count). The molecule has 2 amide bonds. The lowest BCUT2D eigenvalue weighted by molar-refractivity contribution is -0.117. The number of amides is 2. The summed E-state index contributed by atoms with van der Waals surface area (Å²) in [5, 5.41) is 3.52. The number of hydrogen-bond donors (Lipinski definition) is 1. The van der Waals surface area contributed by atoms with Gasteiger partial charge in [-0.1, -0.05) is 0 Å². The fourth-order valence-electron chi connectivity index (χ4n) is 4.33. The van der Waals surface area contributed by atoms with Gasteiger partial charge in [0, 0.05) is 55.1 Å². The van der Waals surface area contributed by atoms with E-state index >= 15 is 0 Å². The maximum absolute atomic E-state index is 13.1. The number of benzene rings is 2. The number of methoxy groups -OCH3 is 2. The molecule has 0 radical (unpaired) electrons. The maximum atomic E-state index is 13.1. The second kappa shape index (κ2) is 9.29. The van der Waals surface area contributed by atoms with Gasteiger partial charge in [-0.3, -0.25) is 9.59 Å².